The molecule has 2 heterocycles. The first-order valence-corrected chi connectivity index (χ1v) is 8.00. The van der Waals surface area contributed by atoms with E-state index in [1.165, 1.54) is 4.90 Å². The predicted octanol–water partition coefficient (Wildman–Crippen LogP) is 1.03. The third kappa shape index (κ3) is 2.45. The number of nitrogens with one attached hydrogen (secondary N) is 1. The molecule has 0 bridgehead atoms. The smallest absolute Gasteiger partial charge is 0.255 e. The molecule has 6 nitrogen and oxygen atoms in total. The summed E-state index contributed by atoms with van der Waals surface area (Å²) in [5, 5.41) is 2.45. The Kier molecular flexibility index (Phi) is 3.82. The highest BCUT2D eigenvalue weighted by Crippen LogP contribution is 2.28. The Balaban J connectivity index is 1.87. The molecule has 0 aromatic heterocycles. The number of halogens is 1. The number of piperidine rings is 1. The topological polar surface area (TPSA) is 83.6 Å². The molecule has 1 unspecified atom stereocenters. The number of nitrogens with zero attached hydrogens (tertiary/aromatic N) is 1. The SMILES string of the molecule is O=C1CCC(N2Cc3ccc(C(=O)CBr)cc3C2=O)C(=O)N1. The highest BCUT2D eigenvalue weighted by molar-refractivity contribution is 9.09. The van der Waals surface area contributed by atoms with Crippen molar-refractivity contribution in [2.45, 2.75) is 25.4 Å². The quantitative estimate of drug-likeness (QED) is 0.493. The molecule has 3 rings (SSSR count). The predicted molar refractivity (Wildman–Crippen MR) is 80.6 cm³/mol. The summed E-state index contributed by atoms with van der Waals surface area (Å²) < 4.78 is 0. The van der Waals surface area contributed by atoms with E-state index in [1.54, 1.807) is 18.2 Å². The first-order valence-electron chi connectivity index (χ1n) is 6.88. The van der Waals surface area contributed by atoms with E-state index in [1.807, 2.05) is 0 Å². The van der Waals surface area contributed by atoms with Crippen LogP contribution in [0.4, 0.5) is 0 Å². The van der Waals surface area contributed by atoms with Crippen LogP contribution in [0.5, 0.6) is 0 Å². The van der Waals surface area contributed by atoms with Crippen LogP contribution in [0.15, 0.2) is 18.2 Å². The van der Waals surface area contributed by atoms with Crippen molar-refractivity contribution >= 4 is 39.4 Å². The molecule has 7 heteroatoms. The number of hydrogen-bond acceptors (Lipinski definition) is 4. The van der Waals surface area contributed by atoms with Crippen molar-refractivity contribution in [3.8, 4) is 0 Å². The molecular formula is C15H13BrN2O4. The zero-order valence-corrected chi connectivity index (χ0v) is 13.2. The molecule has 1 atom stereocenters. The molecule has 1 N–H and O–H groups in total. The van der Waals surface area contributed by atoms with Crippen LogP contribution in [0, 0.1) is 0 Å². The monoisotopic (exact) mass is 364 g/mol. The average Bonchev–Trinajstić information content (AvgIpc) is 2.83. The lowest BCUT2D eigenvalue weighted by Gasteiger charge is -2.29. The fraction of sp³-hybridized carbons (Fsp3) is 0.333. The average molecular weight is 365 g/mol. The van der Waals surface area contributed by atoms with Crippen molar-refractivity contribution < 1.29 is 19.2 Å². The van der Waals surface area contributed by atoms with Gasteiger partial charge in [-0.3, -0.25) is 24.5 Å². The normalized spacial score (nSPS) is 20.9. The molecule has 0 spiro atoms. The number of hydrogen-bond donors (Lipinski definition) is 1. The van der Waals surface area contributed by atoms with Crippen LogP contribution < -0.4 is 5.32 Å². The summed E-state index contributed by atoms with van der Waals surface area (Å²) in [7, 11) is 0. The minimum absolute atomic E-state index is 0.102. The molecule has 22 heavy (non-hydrogen) atoms. The summed E-state index contributed by atoms with van der Waals surface area (Å²) in [6.07, 6.45) is 0.557. The summed E-state index contributed by atoms with van der Waals surface area (Å²) in [5.41, 5.74) is 1.71. The largest absolute Gasteiger partial charge is 0.322 e. The van der Waals surface area contributed by atoms with Gasteiger partial charge in [0.05, 0.1) is 5.33 Å². The molecule has 0 radical (unpaired) electrons. The zero-order valence-electron chi connectivity index (χ0n) is 11.6. The van der Waals surface area contributed by atoms with Gasteiger partial charge in [-0.1, -0.05) is 28.1 Å². The van der Waals surface area contributed by atoms with Gasteiger partial charge < -0.3 is 4.90 Å². The van der Waals surface area contributed by atoms with E-state index in [-0.39, 0.29) is 29.3 Å². The number of carbonyl (C=O) groups excluding carboxylic acids is 4. The second-order valence-corrected chi connectivity index (χ2v) is 5.89. The number of amides is 3. The van der Waals surface area contributed by atoms with Gasteiger partial charge in [0.25, 0.3) is 5.91 Å². The minimum atomic E-state index is -0.632. The second kappa shape index (κ2) is 5.64. The molecule has 2 aliphatic heterocycles. The van der Waals surface area contributed by atoms with E-state index in [0.29, 0.717) is 24.1 Å². The molecule has 1 aromatic carbocycles. The van der Waals surface area contributed by atoms with Gasteiger partial charge in [-0.05, 0) is 18.1 Å². The van der Waals surface area contributed by atoms with Gasteiger partial charge in [-0.25, -0.2) is 0 Å². The Morgan fingerprint density at radius 3 is 2.77 bits per heavy atom. The van der Waals surface area contributed by atoms with Crippen LogP contribution in [-0.4, -0.2) is 39.8 Å². The van der Waals surface area contributed by atoms with Gasteiger partial charge in [-0.2, -0.15) is 0 Å². The Labute approximate surface area is 135 Å². The molecule has 0 saturated carbocycles. The first kappa shape index (κ1) is 14.9. The first-order chi connectivity index (χ1) is 10.5. The van der Waals surface area contributed by atoms with E-state index in [9.17, 15) is 19.2 Å². The zero-order chi connectivity index (χ0) is 15.9. The van der Waals surface area contributed by atoms with Crippen LogP contribution in [0.3, 0.4) is 0 Å². The molecule has 1 saturated heterocycles. The Morgan fingerprint density at radius 2 is 2.09 bits per heavy atom. The minimum Gasteiger partial charge on any atom is -0.322 e. The van der Waals surface area contributed by atoms with Gasteiger partial charge in [0.2, 0.25) is 11.8 Å². The van der Waals surface area contributed by atoms with Crippen LogP contribution >= 0.6 is 15.9 Å². The van der Waals surface area contributed by atoms with Gasteiger partial charge in [0.1, 0.15) is 6.04 Å². The number of alkyl halides is 1. The number of Topliss-reactive ketones (excluding diaryl/α,β-unsaturated/α-hetero) is 1. The van der Waals surface area contributed by atoms with Crippen molar-refractivity contribution in [3.63, 3.8) is 0 Å². The van der Waals surface area contributed by atoms with Crippen LogP contribution in [0.2, 0.25) is 0 Å². The Bertz CT molecular complexity index is 701. The van der Waals surface area contributed by atoms with Crippen molar-refractivity contribution in [3.05, 3.63) is 34.9 Å². The Morgan fingerprint density at radius 1 is 1.32 bits per heavy atom. The fourth-order valence-corrected chi connectivity index (χ4v) is 3.13. The van der Waals surface area contributed by atoms with Crippen molar-refractivity contribution in [2.24, 2.45) is 0 Å². The van der Waals surface area contributed by atoms with Gasteiger partial charge >= 0.3 is 0 Å². The van der Waals surface area contributed by atoms with E-state index < -0.39 is 11.9 Å². The third-order valence-electron chi connectivity index (χ3n) is 3.97. The number of imide groups is 1. The van der Waals surface area contributed by atoms with Crippen LogP contribution in [-0.2, 0) is 16.1 Å². The number of fused-ring (bicyclic) bond motifs is 1. The molecule has 1 fully saturated rings. The highest BCUT2D eigenvalue weighted by Gasteiger charge is 2.39. The molecule has 3 amide bonds. The van der Waals surface area contributed by atoms with Gasteiger partial charge in [0, 0.05) is 24.1 Å². The van der Waals surface area contributed by atoms with E-state index in [2.05, 4.69) is 21.2 Å². The van der Waals surface area contributed by atoms with Crippen molar-refractivity contribution in [1.29, 1.82) is 0 Å². The summed E-state index contributed by atoms with van der Waals surface area (Å²) in [4.78, 5) is 48.8. The third-order valence-corrected chi connectivity index (χ3v) is 4.48. The molecule has 114 valence electrons. The van der Waals surface area contributed by atoms with E-state index >= 15 is 0 Å². The maximum absolute atomic E-state index is 12.5. The van der Waals surface area contributed by atoms with Crippen LogP contribution in [0.25, 0.3) is 0 Å². The lowest BCUT2D eigenvalue weighted by Crippen LogP contribution is -2.52. The van der Waals surface area contributed by atoms with Gasteiger partial charge in [0.15, 0.2) is 5.78 Å². The standard InChI is InChI=1S/C15H13BrN2O4/c16-6-12(19)8-1-2-9-7-18(15(22)10(9)5-8)11-3-4-13(20)17-14(11)21/h1-2,5,11H,3-4,6-7H2,(H,17,20,21). The number of ketones is 1. The Hall–Kier alpha value is -2.02. The van der Waals surface area contributed by atoms with Crippen molar-refractivity contribution in [2.75, 3.05) is 5.33 Å². The fourth-order valence-electron chi connectivity index (χ4n) is 2.81. The van der Waals surface area contributed by atoms with Crippen LogP contribution in [0.1, 0.15) is 39.1 Å². The number of carbonyl (C=O) groups is 4. The summed E-state index contributed by atoms with van der Waals surface area (Å²) in [5.74, 6) is -1.12. The molecule has 1 aromatic rings. The van der Waals surface area contributed by atoms with E-state index in [4.69, 9.17) is 0 Å². The summed E-state index contributed by atoms with van der Waals surface area (Å²) in [6, 6.07) is 4.37. The molecule has 0 aliphatic carbocycles. The molecular weight excluding hydrogens is 352 g/mol. The maximum Gasteiger partial charge on any atom is 0.255 e. The number of rotatable bonds is 3. The maximum atomic E-state index is 12.5. The highest BCUT2D eigenvalue weighted by atomic mass is 79.9. The van der Waals surface area contributed by atoms with Crippen molar-refractivity contribution in [1.82, 2.24) is 10.2 Å². The van der Waals surface area contributed by atoms with Gasteiger partial charge in [-0.15, -0.1) is 0 Å². The lowest BCUT2D eigenvalue weighted by molar-refractivity contribution is -0.136. The molecule has 2 aliphatic rings. The number of benzene rings is 1. The second-order valence-electron chi connectivity index (χ2n) is 5.33. The summed E-state index contributed by atoms with van der Waals surface area (Å²) >= 11 is 3.11. The lowest BCUT2D eigenvalue weighted by atomic mass is 10.0. The van der Waals surface area contributed by atoms with E-state index in [0.717, 1.165) is 5.56 Å². The summed E-state index contributed by atoms with van der Waals surface area (Å²) in [6.45, 7) is 0.323.